The van der Waals surface area contributed by atoms with Crippen molar-refractivity contribution in [2.24, 2.45) is 5.90 Å². The topological polar surface area (TPSA) is 52.3 Å². The second-order valence-corrected chi connectivity index (χ2v) is 2.48. The van der Waals surface area contributed by atoms with Crippen LogP contribution in [0.5, 0.6) is 0 Å². The first-order chi connectivity index (χ1) is 5.83. The molecule has 0 unspecified atom stereocenters. The molecule has 0 fully saturated rings. The van der Waals surface area contributed by atoms with Gasteiger partial charge in [0.15, 0.2) is 0 Å². The van der Waals surface area contributed by atoms with Gasteiger partial charge in [0.05, 0.1) is 6.42 Å². The van der Waals surface area contributed by atoms with E-state index in [2.05, 4.69) is 10.7 Å². The van der Waals surface area contributed by atoms with E-state index in [0.29, 0.717) is 12.8 Å². The van der Waals surface area contributed by atoms with Crippen molar-refractivity contribution in [1.29, 1.82) is 0 Å². The largest absolute Gasteiger partial charge is 1.00 e. The smallest absolute Gasteiger partial charge is 1.00 e. The second-order valence-electron chi connectivity index (χ2n) is 2.48. The van der Waals surface area contributed by atoms with Gasteiger partial charge in [-0.05, 0) is 12.0 Å². The first-order valence-electron chi connectivity index (χ1n) is 3.76. The molecule has 1 aromatic carbocycles. The van der Waals surface area contributed by atoms with Crippen molar-refractivity contribution >= 4 is 5.97 Å². The Hall–Kier alpha value is -0.350. The van der Waals surface area contributed by atoms with E-state index in [1.165, 1.54) is 0 Å². The van der Waals surface area contributed by atoms with Gasteiger partial charge < -0.3 is 6.26 Å². The van der Waals surface area contributed by atoms with Gasteiger partial charge in [0, 0.05) is 0 Å². The first kappa shape index (κ1) is 12.7. The van der Waals surface area contributed by atoms with E-state index in [-0.39, 0.29) is 37.0 Å². The van der Waals surface area contributed by atoms with Crippen LogP contribution in [0.15, 0.2) is 30.3 Å². The molecule has 3 nitrogen and oxygen atoms in total. The minimum atomic E-state index is -0.376. The minimum absolute atomic E-state index is 0. The Morgan fingerprint density at radius 1 is 1.38 bits per heavy atom. The predicted octanol–water partition coefficient (Wildman–Crippen LogP) is -1.85. The molecule has 0 heterocycles. The Bertz CT molecular complexity index is 256. The van der Waals surface area contributed by atoms with Gasteiger partial charge in [-0.25, -0.2) is 0 Å². The molecule has 0 atom stereocenters. The molecule has 0 bridgehead atoms. The maximum Gasteiger partial charge on any atom is 1.00 e. The van der Waals surface area contributed by atoms with Crippen molar-refractivity contribution in [2.75, 3.05) is 0 Å². The van der Waals surface area contributed by atoms with Gasteiger partial charge in [-0.1, -0.05) is 30.3 Å². The molecule has 0 aliphatic rings. The van der Waals surface area contributed by atoms with E-state index < -0.39 is 0 Å². The van der Waals surface area contributed by atoms with Crippen LogP contribution in [-0.2, 0) is 16.1 Å². The fraction of sp³-hybridized carbons (Fsp3) is 0.222. The minimum Gasteiger partial charge on any atom is -1.00 e. The van der Waals surface area contributed by atoms with Gasteiger partial charge in [0.1, 0.15) is 0 Å². The molecular formula is C9H12NNaO2. The van der Waals surface area contributed by atoms with E-state index in [0.717, 1.165) is 5.56 Å². The van der Waals surface area contributed by atoms with Crippen LogP contribution >= 0.6 is 0 Å². The summed E-state index contributed by atoms with van der Waals surface area (Å²) in [5.74, 6) is 4.31. The summed E-state index contributed by atoms with van der Waals surface area (Å²) < 4.78 is 0. The molecule has 13 heavy (non-hydrogen) atoms. The molecule has 0 aliphatic heterocycles. The normalized spacial score (nSPS) is 8.69. The average Bonchev–Trinajstić information content (AvgIpc) is 2.16. The summed E-state index contributed by atoms with van der Waals surface area (Å²) >= 11 is 0. The summed E-state index contributed by atoms with van der Waals surface area (Å²) in [5.41, 5.74) is 1.11. The van der Waals surface area contributed by atoms with Crippen molar-refractivity contribution < 1.29 is 40.6 Å². The number of benzene rings is 1. The van der Waals surface area contributed by atoms with Crippen molar-refractivity contribution in [3.8, 4) is 0 Å². The number of nitrogens with two attached hydrogens (primary N) is 1. The summed E-state index contributed by atoms with van der Waals surface area (Å²) in [7, 11) is 0. The molecule has 4 heteroatoms. The fourth-order valence-corrected chi connectivity index (χ4v) is 0.950. The standard InChI is InChI=1S/C9H11NO2.Na.H/c10-12-9(11)7-6-8-4-2-1-3-5-8;;/h1-5H,6-7,10H2;;/q;+1;-1. The zero-order chi connectivity index (χ0) is 8.81. The van der Waals surface area contributed by atoms with E-state index in [4.69, 9.17) is 0 Å². The molecule has 0 radical (unpaired) electrons. The third-order valence-electron chi connectivity index (χ3n) is 1.59. The maximum atomic E-state index is 10.6. The molecule has 1 rings (SSSR count). The van der Waals surface area contributed by atoms with E-state index in [9.17, 15) is 4.79 Å². The van der Waals surface area contributed by atoms with Crippen LogP contribution in [0.3, 0.4) is 0 Å². The van der Waals surface area contributed by atoms with Crippen molar-refractivity contribution in [3.63, 3.8) is 0 Å². The molecule has 0 saturated heterocycles. The predicted molar refractivity (Wildman–Crippen MR) is 46.2 cm³/mol. The monoisotopic (exact) mass is 189 g/mol. The molecule has 2 N–H and O–H groups in total. The van der Waals surface area contributed by atoms with Crippen LogP contribution in [0, 0.1) is 0 Å². The third kappa shape index (κ3) is 5.05. The summed E-state index contributed by atoms with van der Waals surface area (Å²) in [4.78, 5) is 14.7. The molecule has 0 saturated carbocycles. The number of carbonyl (C=O) groups excluding carboxylic acids is 1. The third-order valence-corrected chi connectivity index (χ3v) is 1.59. The van der Waals surface area contributed by atoms with Gasteiger partial charge in [-0.15, -0.1) is 0 Å². The van der Waals surface area contributed by atoms with Crippen molar-refractivity contribution in [1.82, 2.24) is 0 Å². The second kappa shape index (κ2) is 7.09. The number of aryl methyl sites for hydroxylation is 1. The van der Waals surface area contributed by atoms with Gasteiger partial charge in [-0.2, -0.15) is 5.90 Å². The molecule has 0 spiro atoms. The maximum absolute atomic E-state index is 10.6. The zero-order valence-electron chi connectivity index (χ0n) is 8.69. The fourth-order valence-electron chi connectivity index (χ4n) is 0.950. The summed E-state index contributed by atoms with van der Waals surface area (Å²) in [6.07, 6.45) is 1.01. The van der Waals surface area contributed by atoms with Gasteiger partial charge in [-0.3, -0.25) is 4.79 Å². The van der Waals surface area contributed by atoms with Gasteiger partial charge >= 0.3 is 35.5 Å². The van der Waals surface area contributed by atoms with E-state index in [1.807, 2.05) is 30.3 Å². The average molecular weight is 189 g/mol. The van der Waals surface area contributed by atoms with Crippen LogP contribution in [-0.4, -0.2) is 5.97 Å². The SMILES string of the molecule is NOC(=O)CCc1ccccc1.[H-].[Na+]. The zero-order valence-corrected chi connectivity index (χ0v) is 9.69. The van der Waals surface area contributed by atoms with Gasteiger partial charge in [0.2, 0.25) is 0 Å². The Morgan fingerprint density at radius 3 is 2.54 bits per heavy atom. The Kier molecular flexibility index (Phi) is 6.90. The summed E-state index contributed by atoms with van der Waals surface area (Å²) in [5, 5.41) is 0. The number of hydrogen-bond acceptors (Lipinski definition) is 3. The van der Waals surface area contributed by atoms with Crippen LogP contribution in [0.25, 0.3) is 0 Å². The molecular weight excluding hydrogens is 177 g/mol. The van der Waals surface area contributed by atoms with Gasteiger partial charge in [0.25, 0.3) is 0 Å². The van der Waals surface area contributed by atoms with Crippen LogP contribution < -0.4 is 35.5 Å². The Labute approximate surface area is 101 Å². The number of hydrogen-bond donors (Lipinski definition) is 1. The van der Waals surface area contributed by atoms with Crippen molar-refractivity contribution in [2.45, 2.75) is 12.8 Å². The first-order valence-corrected chi connectivity index (χ1v) is 3.76. The quantitative estimate of drug-likeness (QED) is 0.449. The van der Waals surface area contributed by atoms with Crippen LogP contribution in [0.4, 0.5) is 0 Å². The number of rotatable bonds is 3. The summed E-state index contributed by atoms with van der Waals surface area (Å²) in [6.45, 7) is 0. The Morgan fingerprint density at radius 2 is 2.00 bits per heavy atom. The molecule has 0 aromatic heterocycles. The molecule has 66 valence electrons. The van der Waals surface area contributed by atoms with Crippen LogP contribution in [0.1, 0.15) is 13.4 Å². The Balaban J connectivity index is 0. The molecule has 0 aliphatic carbocycles. The molecule has 1 aromatic rings. The number of carbonyl (C=O) groups is 1. The van der Waals surface area contributed by atoms with Crippen molar-refractivity contribution in [3.05, 3.63) is 35.9 Å². The van der Waals surface area contributed by atoms with Crippen LogP contribution in [0.2, 0.25) is 0 Å². The van der Waals surface area contributed by atoms with E-state index >= 15 is 0 Å². The van der Waals surface area contributed by atoms with E-state index in [1.54, 1.807) is 0 Å². The molecule has 0 amide bonds. The summed E-state index contributed by atoms with van der Waals surface area (Å²) in [6, 6.07) is 9.73.